The number of piperazine rings is 1. The van der Waals surface area contributed by atoms with Gasteiger partial charge in [0, 0.05) is 32.2 Å². The molecule has 1 saturated heterocycles. The molecule has 4 heteroatoms. The highest BCUT2D eigenvalue weighted by Crippen LogP contribution is 2.45. The number of hydrogen-bond acceptors (Lipinski definition) is 2. The van der Waals surface area contributed by atoms with E-state index in [1.165, 1.54) is 12.8 Å². The van der Waals surface area contributed by atoms with Crippen molar-refractivity contribution in [1.82, 2.24) is 10.2 Å². The van der Waals surface area contributed by atoms with Gasteiger partial charge in [-0.25, -0.2) is 4.39 Å². The SMILES string of the molecule is Fc1cc([C@@H](C2CC2)N2CCNCC2)ccc1Cl. The zero-order valence-electron chi connectivity index (χ0n) is 10.3. The lowest BCUT2D eigenvalue weighted by molar-refractivity contribution is 0.156. The van der Waals surface area contributed by atoms with Crippen molar-refractivity contribution in [3.63, 3.8) is 0 Å². The molecule has 0 amide bonds. The molecule has 2 aliphatic rings. The van der Waals surface area contributed by atoms with Gasteiger partial charge in [0.05, 0.1) is 5.02 Å². The van der Waals surface area contributed by atoms with Crippen molar-refractivity contribution >= 4 is 11.6 Å². The van der Waals surface area contributed by atoms with Gasteiger partial charge in [-0.1, -0.05) is 17.7 Å². The molecule has 1 atom stereocenters. The van der Waals surface area contributed by atoms with Gasteiger partial charge in [-0.05, 0) is 36.5 Å². The zero-order chi connectivity index (χ0) is 12.5. The van der Waals surface area contributed by atoms with Crippen molar-refractivity contribution < 1.29 is 4.39 Å². The largest absolute Gasteiger partial charge is 0.314 e. The smallest absolute Gasteiger partial charge is 0.142 e. The maximum absolute atomic E-state index is 13.6. The molecule has 0 radical (unpaired) electrons. The van der Waals surface area contributed by atoms with E-state index in [0.29, 0.717) is 12.0 Å². The first-order valence-electron chi connectivity index (χ1n) is 6.65. The maximum atomic E-state index is 13.6. The first kappa shape index (κ1) is 12.4. The molecular weight excluding hydrogens is 251 g/mol. The summed E-state index contributed by atoms with van der Waals surface area (Å²) in [5.74, 6) is 0.402. The topological polar surface area (TPSA) is 15.3 Å². The fraction of sp³-hybridized carbons (Fsp3) is 0.571. The number of nitrogens with zero attached hydrogens (tertiary/aromatic N) is 1. The average molecular weight is 269 g/mol. The van der Waals surface area contributed by atoms with Crippen LogP contribution in [-0.2, 0) is 0 Å². The summed E-state index contributed by atoms with van der Waals surface area (Å²) in [5.41, 5.74) is 1.08. The number of benzene rings is 1. The molecule has 1 heterocycles. The van der Waals surface area contributed by atoms with Crippen LogP contribution in [0.3, 0.4) is 0 Å². The molecule has 2 nitrogen and oxygen atoms in total. The van der Waals surface area contributed by atoms with Crippen molar-refractivity contribution in [2.24, 2.45) is 5.92 Å². The van der Waals surface area contributed by atoms with E-state index in [-0.39, 0.29) is 10.8 Å². The van der Waals surface area contributed by atoms with Crippen LogP contribution in [-0.4, -0.2) is 31.1 Å². The molecule has 98 valence electrons. The molecule has 0 bridgehead atoms. The predicted molar refractivity (Wildman–Crippen MR) is 71.3 cm³/mol. The van der Waals surface area contributed by atoms with E-state index in [0.717, 1.165) is 31.7 Å². The van der Waals surface area contributed by atoms with Gasteiger partial charge in [0.1, 0.15) is 5.82 Å². The lowest BCUT2D eigenvalue weighted by Gasteiger charge is -2.35. The highest BCUT2D eigenvalue weighted by atomic mass is 35.5. The second kappa shape index (κ2) is 5.16. The number of halogens is 2. The number of nitrogens with one attached hydrogen (secondary N) is 1. The lowest BCUT2D eigenvalue weighted by Crippen LogP contribution is -2.45. The quantitative estimate of drug-likeness (QED) is 0.907. The van der Waals surface area contributed by atoms with Gasteiger partial charge in [0.25, 0.3) is 0 Å². The molecule has 1 aromatic carbocycles. The Kier molecular flexibility index (Phi) is 3.55. The van der Waals surface area contributed by atoms with E-state index in [4.69, 9.17) is 11.6 Å². The van der Waals surface area contributed by atoms with Gasteiger partial charge >= 0.3 is 0 Å². The molecule has 0 aromatic heterocycles. The molecule has 2 fully saturated rings. The molecule has 0 spiro atoms. The minimum Gasteiger partial charge on any atom is -0.314 e. The Balaban J connectivity index is 1.85. The molecule has 1 N–H and O–H groups in total. The van der Waals surface area contributed by atoms with E-state index >= 15 is 0 Å². The summed E-state index contributed by atoms with van der Waals surface area (Å²) in [6.45, 7) is 4.15. The van der Waals surface area contributed by atoms with Crippen LogP contribution in [0.25, 0.3) is 0 Å². The van der Waals surface area contributed by atoms with E-state index in [1.807, 2.05) is 6.07 Å². The molecular formula is C14H18ClFN2. The van der Waals surface area contributed by atoms with E-state index in [2.05, 4.69) is 10.2 Å². The number of hydrogen-bond donors (Lipinski definition) is 1. The van der Waals surface area contributed by atoms with Gasteiger partial charge in [0.2, 0.25) is 0 Å². The van der Waals surface area contributed by atoms with Crippen LogP contribution in [0.15, 0.2) is 18.2 Å². The Morgan fingerprint density at radius 3 is 2.61 bits per heavy atom. The summed E-state index contributed by atoms with van der Waals surface area (Å²) in [6, 6.07) is 5.66. The Hall–Kier alpha value is -0.640. The second-order valence-corrected chi connectivity index (χ2v) is 5.65. The molecule has 1 aliphatic carbocycles. The summed E-state index contributed by atoms with van der Waals surface area (Å²) < 4.78 is 13.6. The Morgan fingerprint density at radius 1 is 1.28 bits per heavy atom. The molecule has 3 rings (SSSR count). The van der Waals surface area contributed by atoms with Crippen molar-refractivity contribution in [2.75, 3.05) is 26.2 Å². The highest BCUT2D eigenvalue weighted by molar-refractivity contribution is 6.30. The van der Waals surface area contributed by atoms with Gasteiger partial charge in [-0.2, -0.15) is 0 Å². The van der Waals surface area contributed by atoms with E-state index in [1.54, 1.807) is 12.1 Å². The summed E-state index contributed by atoms with van der Waals surface area (Å²) >= 11 is 5.77. The van der Waals surface area contributed by atoms with Gasteiger partial charge in [0.15, 0.2) is 0 Å². The van der Waals surface area contributed by atoms with Crippen LogP contribution in [0.5, 0.6) is 0 Å². The van der Waals surface area contributed by atoms with E-state index in [9.17, 15) is 4.39 Å². The third-order valence-corrected chi connectivity index (χ3v) is 4.21. The van der Waals surface area contributed by atoms with Gasteiger partial charge in [-0.3, -0.25) is 4.90 Å². The third-order valence-electron chi connectivity index (χ3n) is 3.90. The second-order valence-electron chi connectivity index (χ2n) is 5.24. The molecule has 0 unspecified atom stereocenters. The Morgan fingerprint density at radius 2 is 2.00 bits per heavy atom. The van der Waals surface area contributed by atoms with Crippen LogP contribution in [0.2, 0.25) is 5.02 Å². The van der Waals surface area contributed by atoms with Crippen molar-refractivity contribution in [1.29, 1.82) is 0 Å². The summed E-state index contributed by atoms with van der Waals surface area (Å²) in [6.07, 6.45) is 2.53. The van der Waals surface area contributed by atoms with E-state index < -0.39 is 0 Å². The highest BCUT2D eigenvalue weighted by Gasteiger charge is 2.36. The maximum Gasteiger partial charge on any atom is 0.142 e. The molecule has 1 saturated carbocycles. The van der Waals surface area contributed by atoms with Crippen LogP contribution in [0.4, 0.5) is 4.39 Å². The van der Waals surface area contributed by atoms with Gasteiger partial charge < -0.3 is 5.32 Å². The van der Waals surface area contributed by atoms with Crippen LogP contribution >= 0.6 is 11.6 Å². The minimum atomic E-state index is -0.296. The summed E-state index contributed by atoms with van der Waals surface area (Å²) in [4.78, 5) is 2.48. The van der Waals surface area contributed by atoms with Gasteiger partial charge in [-0.15, -0.1) is 0 Å². The normalized spacial score (nSPS) is 23.0. The van der Waals surface area contributed by atoms with Crippen LogP contribution < -0.4 is 5.32 Å². The fourth-order valence-corrected chi connectivity index (χ4v) is 2.97. The minimum absolute atomic E-state index is 0.216. The Labute approximate surface area is 112 Å². The standard InChI is InChI=1S/C14H18ClFN2/c15-12-4-3-11(9-13(12)16)14(10-1-2-10)18-7-5-17-6-8-18/h3-4,9-10,14,17H,1-2,5-8H2/t14-/m1/s1. The van der Waals surface area contributed by atoms with Crippen molar-refractivity contribution in [3.05, 3.63) is 34.6 Å². The predicted octanol–water partition coefficient (Wildman–Crippen LogP) is 2.84. The van der Waals surface area contributed by atoms with Crippen LogP contribution in [0.1, 0.15) is 24.4 Å². The van der Waals surface area contributed by atoms with Crippen molar-refractivity contribution in [2.45, 2.75) is 18.9 Å². The summed E-state index contributed by atoms with van der Waals surface area (Å²) in [7, 11) is 0. The van der Waals surface area contributed by atoms with Crippen molar-refractivity contribution in [3.8, 4) is 0 Å². The Bertz CT molecular complexity index is 428. The summed E-state index contributed by atoms with van der Waals surface area (Å²) in [5, 5.41) is 3.58. The molecule has 1 aromatic rings. The zero-order valence-corrected chi connectivity index (χ0v) is 11.1. The third kappa shape index (κ3) is 2.53. The first-order valence-corrected chi connectivity index (χ1v) is 7.03. The monoisotopic (exact) mass is 268 g/mol. The van der Waals surface area contributed by atoms with Crippen LogP contribution in [0, 0.1) is 11.7 Å². The fourth-order valence-electron chi connectivity index (χ4n) is 2.85. The lowest BCUT2D eigenvalue weighted by atomic mass is 9.99. The average Bonchev–Trinajstić information content (AvgIpc) is 3.20. The first-order chi connectivity index (χ1) is 8.75. The molecule has 1 aliphatic heterocycles. The molecule has 18 heavy (non-hydrogen) atoms. The number of rotatable bonds is 3.